The number of carbonyl (C=O) groups is 1. The Labute approximate surface area is 124 Å². The van der Waals surface area contributed by atoms with Crippen molar-refractivity contribution in [3.63, 3.8) is 0 Å². The molecule has 2 aromatic carbocycles. The number of anilines is 1. The second-order valence-electron chi connectivity index (χ2n) is 5.03. The van der Waals surface area contributed by atoms with Gasteiger partial charge < -0.3 is 5.32 Å². The Hall–Kier alpha value is -1.74. The number of benzene rings is 2. The first-order valence-corrected chi connectivity index (χ1v) is 7.40. The van der Waals surface area contributed by atoms with Gasteiger partial charge in [0.05, 0.1) is 5.69 Å². The van der Waals surface area contributed by atoms with Gasteiger partial charge in [-0.05, 0) is 56.2 Å². The molecule has 1 amide bonds. The van der Waals surface area contributed by atoms with Crippen LogP contribution in [-0.4, -0.2) is 5.91 Å². The van der Waals surface area contributed by atoms with Crippen molar-refractivity contribution in [1.82, 2.24) is 0 Å². The molecule has 2 rings (SSSR count). The molecule has 0 bridgehead atoms. The van der Waals surface area contributed by atoms with Gasteiger partial charge in [-0.25, -0.2) is 0 Å². The van der Waals surface area contributed by atoms with Crippen LogP contribution in [0.3, 0.4) is 0 Å². The number of hydrogen-bond donors (Lipinski definition) is 1. The van der Waals surface area contributed by atoms with Crippen LogP contribution in [0.2, 0.25) is 0 Å². The highest BCUT2D eigenvalue weighted by Crippen LogP contribution is 2.35. The van der Waals surface area contributed by atoms with Gasteiger partial charge in [-0.3, -0.25) is 4.79 Å². The Balaban J connectivity index is 2.36. The van der Waals surface area contributed by atoms with E-state index in [-0.39, 0.29) is 5.91 Å². The van der Waals surface area contributed by atoms with Gasteiger partial charge >= 0.3 is 0 Å². The summed E-state index contributed by atoms with van der Waals surface area (Å²) in [6.45, 7) is 7.76. The molecule has 0 heterocycles. The van der Waals surface area contributed by atoms with Crippen LogP contribution in [0.15, 0.2) is 46.2 Å². The van der Waals surface area contributed by atoms with Crippen molar-refractivity contribution < 1.29 is 4.79 Å². The van der Waals surface area contributed by atoms with Crippen LogP contribution in [0.5, 0.6) is 0 Å². The Bertz CT molecular complexity index is 632. The molecule has 0 aliphatic carbocycles. The topological polar surface area (TPSA) is 29.1 Å². The summed E-state index contributed by atoms with van der Waals surface area (Å²) in [5.74, 6) is -0.0426. The third-order valence-corrected chi connectivity index (χ3v) is 4.22. The summed E-state index contributed by atoms with van der Waals surface area (Å²) in [4.78, 5) is 13.6. The van der Waals surface area contributed by atoms with Gasteiger partial charge in [-0.15, -0.1) is 0 Å². The minimum atomic E-state index is -0.0426. The van der Waals surface area contributed by atoms with Crippen molar-refractivity contribution in [3.05, 3.63) is 53.1 Å². The number of carbonyl (C=O) groups excluding carboxylic acids is 1. The molecular weight excluding hydrogens is 266 g/mol. The molecule has 0 saturated heterocycles. The monoisotopic (exact) mass is 285 g/mol. The quantitative estimate of drug-likeness (QED) is 0.884. The van der Waals surface area contributed by atoms with Crippen LogP contribution < -0.4 is 5.32 Å². The highest BCUT2D eigenvalue weighted by molar-refractivity contribution is 7.99. The molecular formula is C17H19NOS. The second kappa shape index (κ2) is 6.14. The van der Waals surface area contributed by atoms with Gasteiger partial charge in [0, 0.05) is 16.7 Å². The summed E-state index contributed by atoms with van der Waals surface area (Å²) >= 11 is 1.67. The van der Waals surface area contributed by atoms with Gasteiger partial charge in [0.25, 0.3) is 0 Å². The lowest BCUT2D eigenvalue weighted by molar-refractivity contribution is -0.114. The average Bonchev–Trinajstić information content (AvgIpc) is 2.37. The number of nitrogens with one attached hydrogen (secondary N) is 1. The molecule has 2 nitrogen and oxygen atoms in total. The fourth-order valence-electron chi connectivity index (χ4n) is 1.89. The molecule has 0 spiro atoms. The Morgan fingerprint density at radius 3 is 2.20 bits per heavy atom. The zero-order valence-corrected chi connectivity index (χ0v) is 13.1. The van der Waals surface area contributed by atoms with E-state index in [0.717, 1.165) is 10.6 Å². The van der Waals surface area contributed by atoms with Crippen LogP contribution in [0, 0.1) is 20.8 Å². The van der Waals surface area contributed by atoms with Crippen LogP contribution in [0.4, 0.5) is 5.69 Å². The van der Waals surface area contributed by atoms with Gasteiger partial charge in [-0.2, -0.15) is 0 Å². The standard InChI is InChI=1S/C17H19NOS/c1-11-5-7-15(8-6-11)20-17-10-13(3)12(2)9-16(17)18-14(4)19/h5-10H,1-4H3,(H,18,19). The molecule has 20 heavy (non-hydrogen) atoms. The van der Waals surface area contributed by atoms with Crippen molar-refractivity contribution >= 4 is 23.4 Å². The van der Waals surface area contributed by atoms with Crippen LogP contribution in [0.25, 0.3) is 0 Å². The first kappa shape index (κ1) is 14.7. The van der Waals surface area contributed by atoms with E-state index in [1.165, 1.54) is 28.5 Å². The fourth-order valence-corrected chi connectivity index (χ4v) is 2.88. The van der Waals surface area contributed by atoms with Crippen LogP contribution >= 0.6 is 11.8 Å². The summed E-state index contributed by atoms with van der Waals surface area (Å²) in [5.41, 5.74) is 4.54. The predicted molar refractivity (Wildman–Crippen MR) is 85.5 cm³/mol. The molecule has 0 radical (unpaired) electrons. The normalized spacial score (nSPS) is 10.4. The molecule has 0 aromatic heterocycles. The number of aryl methyl sites for hydroxylation is 3. The predicted octanol–water partition coefficient (Wildman–Crippen LogP) is 4.72. The molecule has 2 aromatic rings. The lowest BCUT2D eigenvalue weighted by Gasteiger charge is -2.13. The third kappa shape index (κ3) is 3.64. The number of amides is 1. The van der Waals surface area contributed by atoms with Crippen molar-refractivity contribution in [3.8, 4) is 0 Å². The van der Waals surface area contributed by atoms with E-state index in [9.17, 15) is 4.79 Å². The summed E-state index contributed by atoms with van der Waals surface area (Å²) in [6, 6.07) is 12.6. The van der Waals surface area contributed by atoms with Gasteiger partial charge in [0.2, 0.25) is 5.91 Å². The van der Waals surface area contributed by atoms with E-state index < -0.39 is 0 Å². The molecule has 0 atom stereocenters. The van der Waals surface area contributed by atoms with Crippen molar-refractivity contribution in [2.24, 2.45) is 0 Å². The third-order valence-electron chi connectivity index (χ3n) is 3.16. The van der Waals surface area contributed by atoms with Gasteiger partial charge in [0.1, 0.15) is 0 Å². The van der Waals surface area contributed by atoms with Gasteiger partial charge in [0.15, 0.2) is 0 Å². The number of rotatable bonds is 3. The molecule has 0 aliphatic heterocycles. The average molecular weight is 285 g/mol. The maximum absolute atomic E-state index is 11.3. The molecule has 0 fully saturated rings. The molecule has 104 valence electrons. The van der Waals surface area contributed by atoms with Gasteiger partial charge in [-0.1, -0.05) is 29.5 Å². The summed E-state index contributed by atoms with van der Waals surface area (Å²) in [6.07, 6.45) is 0. The molecule has 3 heteroatoms. The largest absolute Gasteiger partial charge is 0.325 e. The first-order chi connectivity index (χ1) is 9.45. The highest BCUT2D eigenvalue weighted by Gasteiger charge is 2.08. The summed E-state index contributed by atoms with van der Waals surface area (Å²) in [7, 11) is 0. The highest BCUT2D eigenvalue weighted by atomic mass is 32.2. The molecule has 0 saturated carbocycles. The van der Waals surface area contributed by atoms with E-state index in [1.54, 1.807) is 11.8 Å². The Morgan fingerprint density at radius 2 is 1.60 bits per heavy atom. The maximum atomic E-state index is 11.3. The van der Waals surface area contributed by atoms with Crippen molar-refractivity contribution in [2.45, 2.75) is 37.5 Å². The van der Waals surface area contributed by atoms with E-state index in [4.69, 9.17) is 0 Å². The lowest BCUT2D eigenvalue weighted by Crippen LogP contribution is -2.07. The lowest BCUT2D eigenvalue weighted by atomic mass is 10.1. The van der Waals surface area contributed by atoms with Crippen LogP contribution in [0.1, 0.15) is 23.6 Å². The Morgan fingerprint density at radius 1 is 1.00 bits per heavy atom. The maximum Gasteiger partial charge on any atom is 0.221 e. The summed E-state index contributed by atoms with van der Waals surface area (Å²) in [5, 5.41) is 2.91. The molecule has 0 unspecified atom stereocenters. The first-order valence-electron chi connectivity index (χ1n) is 6.59. The van der Waals surface area contributed by atoms with E-state index in [1.807, 2.05) is 6.07 Å². The zero-order valence-electron chi connectivity index (χ0n) is 12.3. The van der Waals surface area contributed by atoms with E-state index in [0.29, 0.717) is 0 Å². The van der Waals surface area contributed by atoms with E-state index >= 15 is 0 Å². The minimum Gasteiger partial charge on any atom is -0.325 e. The van der Waals surface area contributed by atoms with E-state index in [2.05, 4.69) is 56.4 Å². The smallest absolute Gasteiger partial charge is 0.221 e. The number of hydrogen-bond acceptors (Lipinski definition) is 2. The van der Waals surface area contributed by atoms with Crippen LogP contribution in [-0.2, 0) is 4.79 Å². The van der Waals surface area contributed by atoms with Crippen molar-refractivity contribution in [1.29, 1.82) is 0 Å². The summed E-state index contributed by atoms with van der Waals surface area (Å²) < 4.78 is 0. The zero-order chi connectivity index (χ0) is 14.7. The Kier molecular flexibility index (Phi) is 4.50. The minimum absolute atomic E-state index is 0.0426. The SMILES string of the molecule is CC(=O)Nc1cc(C)c(C)cc1Sc1ccc(C)cc1. The molecule has 0 aliphatic rings. The second-order valence-corrected chi connectivity index (χ2v) is 6.14. The fraction of sp³-hybridized carbons (Fsp3) is 0.235. The molecule has 1 N–H and O–H groups in total. The van der Waals surface area contributed by atoms with Crippen molar-refractivity contribution in [2.75, 3.05) is 5.32 Å².